The number of carbonyl (C=O) groups excluding carboxylic acids is 3. The fourth-order valence-corrected chi connectivity index (χ4v) is 9.31. The van der Waals surface area contributed by atoms with Crippen LogP contribution in [0, 0.1) is 20.8 Å². The summed E-state index contributed by atoms with van der Waals surface area (Å²) < 4.78 is 45.5. The van der Waals surface area contributed by atoms with E-state index in [1.165, 1.54) is 7.11 Å². The van der Waals surface area contributed by atoms with Gasteiger partial charge >= 0.3 is 12.1 Å². The van der Waals surface area contributed by atoms with Gasteiger partial charge in [0.15, 0.2) is 6.04 Å². The van der Waals surface area contributed by atoms with E-state index in [4.69, 9.17) is 19.9 Å². The van der Waals surface area contributed by atoms with Crippen LogP contribution < -0.4 is 20.5 Å². The van der Waals surface area contributed by atoms with Gasteiger partial charge < -0.3 is 30.2 Å². The molecule has 0 saturated carbocycles. The number of aryl methyl sites for hydroxylation is 1. The van der Waals surface area contributed by atoms with Gasteiger partial charge in [0, 0.05) is 19.0 Å². The molecule has 2 heterocycles. The van der Waals surface area contributed by atoms with Crippen LogP contribution in [0.2, 0.25) is 0 Å². The van der Waals surface area contributed by atoms with Crippen molar-refractivity contribution in [1.82, 2.24) is 14.9 Å². The van der Waals surface area contributed by atoms with Gasteiger partial charge in [-0.3, -0.25) is 9.79 Å². The minimum atomic E-state index is -4.03. The van der Waals surface area contributed by atoms with Gasteiger partial charge in [-0.05, 0) is 112 Å². The van der Waals surface area contributed by atoms with Crippen molar-refractivity contribution in [3.63, 3.8) is 0 Å². The maximum absolute atomic E-state index is 14.7. The van der Waals surface area contributed by atoms with Crippen molar-refractivity contribution >= 4 is 39.9 Å². The average Bonchev–Trinajstić information content (AvgIpc) is 3.85. The second-order valence-corrected chi connectivity index (χ2v) is 17.0. The van der Waals surface area contributed by atoms with Gasteiger partial charge in [-0.15, -0.1) is 0 Å². The summed E-state index contributed by atoms with van der Waals surface area (Å²) in [5.41, 5.74) is 10.8. The molecule has 3 atom stereocenters. The van der Waals surface area contributed by atoms with Gasteiger partial charge in [-0.25, -0.2) is 27.7 Å². The van der Waals surface area contributed by atoms with E-state index >= 15 is 0 Å². The number of sulfonamides is 1. The molecule has 56 heavy (non-hydrogen) atoms. The summed E-state index contributed by atoms with van der Waals surface area (Å²) in [6, 6.07) is 14.9. The number of alkyl carbamates (subject to hydrolysis) is 1. The van der Waals surface area contributed by atoms with E-state index in [2.05, 4.69) is 20.0 Å². The SMILES string of the molecule is COc1cc(C)c(S(=O)(=O)NC(N)=NCCC[C@@H]2N=C([C@@H]3CCCN3C(=O)C(NC(=O)OC(C)(C)C)C3c4ccccc4-c4ccccc43)OC2=O)c(C)c1C. The molecule has 2 amide bonds. The number of likely N-dealkylation sites (tertiary alicyclic amines) is 1. The Hall–Kier alpha value is -5.44. The molecular weight excluding hydrogens is 737 g/mol. The number of esters is 1. The predicted octanol–water partition coefficient (Wildman–Crippen LogP) is 5.01. The Labute approximate surface area is 327 Å². The molecule has 15 heteroatoms. The molecule has 3 aromatic rings. The van der Waals surface area contributed by atoms with Crippen molar-refractivity contribution < 1.29 is 37.0 Å². The van der Waals surface area contributed by atoms with Crippen molar-refractivity contribution in [3.8, 4) is 16.9 Å². The van der Waals surface area contributed by atoms with E-state index in [0.717, 1.165) is 22.3 Å². The van der Waals surface area contributed by atoms with Crippen LogP contribution in [0.1, 0.15) is 80.2 Å². The monoisotopic (exact) mass is 786 g/mol. The number of nitrogens with one attached hydrogen (secondary N) is 2. The molecule has 1 unspecified atom stereocenters. The van der Waals surface area contributed by atoms with Gasteiger partial charge in [0.05, 0.1) is 12.0 Å². The Bertz CT molecular complexity index is 2170. The normalized spacial score (nSPS) is 18.8. The molecule has 0 bridgehead atoms. The number of hydrogen-bond donors (Lipinski definition) is 3. The van der Waals surface area contributed by atoms with Crippen LogP contribution in [0.5, 0.6) is 5.75 Å². The fraction of sp³-hybridized carbons (Fsp3) is 0.439. The summed E-state index contributed by atoms with van der Waals surface area (Å²) in [7, 11) is -2.51. The summed E-state index contributed by atoms with van der Waals surface area (Å²) in [6.07, 6.45) is 1.08. The predicted molar refractivity (Wildman–Crippen MR) is 212 cm³/mol. The summed E-state index contributed by atoms with van der Waals surface area (Å²) in [6.45, 7) is 11.0. The van der Waals surface area contributed by atoms with E-state index in [9.17, 15) is 22.8 Å². The zero-order chi connectivity index (χ0) is 40.5. The van der Waals surface area contributed by atoms with E-state index in [1.807, 2.05) is 48.5 Å². The highest BCUT2D eigenvalue weighted by Crippen LogP contribution is 2.47. The van der Waals surface area contributed by atoms with Crippen LogP contribution in [0.15, 0.2) is 69.5 Å². The Kier molecular flexibility index (Phi) is 11.5. The number of benzene rings is 3. The quantitative estimate of drug-likeness (QED) is 0.104. The number of hydrogen-bond acceptors (Lipinski definition) is 10. The van der Waals surface area contributed by atoms with Crippen LogP contribution in [0.3, 0.4) is 0 Å². The van der Waals surface area contributed by atoms with Crippen molar-refractivity contribution in [1.29, 1.82) is 0 Å². The molecule has 6 rings (SSSR count). The fourth-order valence-electron chi connectivity index (χ4n) is 7.83. The third-order valence-electron chi connectivity index (χ3n) is 10.4. The number of aliphatic imine (C=N–C) groups is 2. The minimum absolute atomic E-state index is 0.105. The van der Waals surface area contributed by atoms with E-state index in [1.54, 1.807) is 52.5 Å². The number of fused-ring (bicyclic) bond motifs is 3. The highest BCUT2D eigenvalue weighted by atomic mass is 32.2. The first-order chi connectivity index (χ1) is 26.5. The lowest BCUT2D eigenvalue weighted by Crippen LogP contribution is -2.54. The van der Waals surface area contributed by atoms with Crippen molar-refractivity contribution in [3.05, 3.63) is 82.4 Å². The third kappa shape index (κ3) is 8.23. The van der Waals surface area contributed by atoms with Gasteiger partial charge in [-0.1, -0.05) is 48.5 Å². The molecule has 0 spiro atoms. The number of cyclic esters (lactones) is 1. The number of carbonyl (C=O) groups is 3. The van der Waals surface area contributed by atoms with Gasteiger partial charge in [-0.2, -0.15) is 0 Å². The molecule has 3 aromatic carbocycles. The Morgan fingerprint density at radius 3 is 2.32 bits per heavy atom. The van der Waals surface area contributed by atoms with Crippen LogP contribution in [0.4, 0.5) is 4.79 Å². The van der Waals surface area contributed by atoms with E-state index in [0.29, 0.717) is 48.2 Å². The molecule has 2 aliphatic heterocycles. The molecule has 1 fully saturated rings. The summed E-state index contributed by atoms with van der Waals surface area (Å²) in [5, 5.41) is 2.91. The number of ether oxygens (including phenoxy) is 3. The smallest absolute Gasteiger partial charge is 0.408 e. The molecule has 0 radical (unpaired) electrons. The summed E-state index contributed by atoms with van der Waals surface area (Å²) >= 11 is 0. The van der Waals surface area contributed by atoms with Crippen LogP contribution in [-0.4, -0.2) is 87.1 Å². The minimum Gasteiger partial charge on any atom is -0.496 e. The van der Waals surface area contributed by atoms with Crippen molar-refractivity contribution in [2.45, 2.75) is 102 Å². The molecule has 14 nitrogen and oxygen atoms in total. The number of methoxy groups -OCH3 is 1. The van der Waals surface area contributed by atoms with E-state index in [-0.39, 0.29) is 35.6 Å². The highest BCUT2D eigenvalue weighted by molar-refractivity contribution is 7.90. The van der Waals surface area contributed by atoms with Crippen LogP contribution >= 0.6 is 0 Å². The second-order valence-electron chi connectivity index (χ2n) is 15.4. The lowest BCUT2D eigenvalue weighted by atomic mass is 9.88. The molecule has 1 aliphatic carbocycles. The third-order valence-corrected chi connectivity index (χ3v) is 12.0. The second kappa shape index (κ2) is 16.0. The molecule has 0 aromatic heterocycles. The maximum atomic E-state index is 14.7. The molecule has 4 N–H and O–H groups in total. The lowest BCUT2D eigenvalue weighted by Gasteiger charge is -2.33. The Morgan fingerprint density at radius 2 is 1.70 bits per heavy atom. The molecular formula is C41H50N6O8S. The topological polar surface area (TPSA) is 191 Å². The van der Waals surface area contributed by atoms with Gasteiger partial charge in [0.25, 0.3) is 10.0 Å². The number of guanidine groups is 1. The number of amides is 2. The van der Waals surface area contributed by atoms with Crippen LogP contribution in [-0.2, 0) is 29.1 Å². The van der Waals surface area contributed by atoms with Gasteiger partial charge in [0.1, 0.15) is 23.4 Å². The average molecular weight is 787 g/mol. The Balaban J connectivity index is 1.15. The highest BCUT2D eigenvalue weighted by Gasteiger charge is 2.46. The maximum Gasteiger partial charge on any atom is 0.408 e. The number of nitrogens with zero attached hydrogens (tertiary/aromatic N) is 3. The first-order valence-corrected chi connectivity index (χ1v) is 20.2. The summed E-state index contributed by atoms with van der Waals surface area (Å²) in [4.78, 5) is 51.6. The zero-order valence-corrected chi connectivity index (χ0v) is 33.7. The lowest BCUT2D eigenvalue weighted by molar-refractivity contribution is -0.137. The Morgan fingerprint density at radius 1 is 1.05 bits per heavy atom. The first-order valence-electron chi connectivity index (χ1n) is 18.8. The zero-order valence-electron chi connectivity index (χ0n) is 32.8. The van der Waals surface area contributed by atoms with Crippen molar-refractivity contribution in [2.75, 3.05) is 20.2 Å². The van der Waals surface area contributed by atoms with E-state index < -0.39 is 51.7 Å². The molecule has 3 aliphatic rings. The molecule has 298 valence electrons. The van der Waals surface area contributed by atoms with Crippen LogP contribution in [0.25, 0.3) is 11.1 Å². The first kappa shape index (κ1) is 40.2. The standard InChI is InChI=1S/C41H50N6O8S/c1-23-22-32(53-7)24(2)25(3)35(23)56(51,52)46-39(42)43-20-12-18-30-38(49)54-36(44-30)31-19-13-21-47(31)37(48)34(45-40(50)55-41(4,5)6)33-28-16-10-8-14-26(28)27-15-9-11-17-29(27)33/h8-11,14-17,22,30-31,33-34H,12-13,18-21H2,1-7H3,(H,45,50)(H3,42,43,46)/t30-,31-,34?/m0/s1. The number of nitrogens with two attached hydrogens (primary N) is 1. The summed E-state index contributed by atoms with van der Waals surface area (Å²) in [5.74, 6) is -0.900. The van der Waals surface area contributed by atoms with Gasteiger partial charge in [0.2, 0.25) is 17.8 Å². The largest absolute Gasteiger partial charge is 0.496 e. The molecule has 1 saturated heterocycles. The van der Waals surface area contributed by atoms with Crippen molar-refractivity contribution in [2.24, 2.45) is 15.7 Å². The number of rotatable bonds is 11.